The maximum absolute atomic E-state index is 12.8. The summed E-state index contributed by atoms with van der Waals surface area (Å²) in [6.45, 7) is 17.3. The summed E-state index contributed by atoms with van der Waals surface area (Å²) in [7, 11) is 0. The molecular formula is C77H92N20O39S5. The third-order valence-corrected chi connectivity index (χ3v) is 24.0. The van der Waals surface area contributed by atoms with Gasteiger partial charge >= 0.3 is 85.0 Å². The number of thiazole rings is 5. The van der Waals surface area contributed by atoms with Crippen molar-refractivity contribution in [3.05, 3.63) is 79.3 Å². The highest BCUT2D eigenvalue weighted by atomic mass is 32.1. The van der Waals surface area contributed by atoms with Gasteiger partial charge in [-0.15, -0.1) is 0 Å². The number of nitrogens with two attached hydrogens (primary N) is 5. The number of aliphatic hydroxyl groups excluding tert-OH is 4. The molecule has 764 valence electrons. The second kappa shape index (κ2) is 45.6. The topological polar surface area (TPSA) is 805 Å². The highest BCUT2D eigenvalue weighted by molar-refractivity contribution is 7.17. The number of rotatable bonds is 22. The zero-order valence-corrected chi connectivity index (χ0v) is 80.1. The molecule has 59 nitrogen and oxygen atoms in total. The number of esters is 5. The van der Waals surface area contributed by atoms with E-state index in [0.717, 1.165) is 95.7 Å². The van der Waals surface area contributed by atoms with E-state index in [4.69, 9.17) is 123 Å². The molecule has 0 unspecified atom stereocenters. The molecular weight excluding hydrogens is 1990 g/mol. The quantitative estimate of drug-likeness (QED) is 0.0330. The molecule has 10 aromatic heterocycles. The van der Waals surface area contributed by atoms with Gasteiger partial charge in [-0.2, -0.15) is 24.9 Å². The van der Waals surface area contributed by atoms with E-state index in [0.29, 0.717) is 23.5 Å². The number of anilines is 5. The van der Waals surface area contributed by atoms with E-state index >= 15 is 0 Å². The van der Waals surface area contributed by atoms with Gasteiger partial charge in [0, 0.05) is 34.6 Å². The maximum Gasteiger partial charge on any atom is 0.509 e. The third-order valence-electron chi connectivity index (χ3n) is 19.6. The van der Waals surface area contributed by atoms with Crippen LogP contribution in [0.1, 0.15) is 121 Å². The van der Waals surface area contributed by atoms with Gasteiger partial charge in [-0.3, -0.25) is 70.8 Å². The van der Waals surface area contributed by atoms with Crippen LogP contribution < -0.4 is 53.0 Å². The Hall–Kier alpha value is -13.8. The fraction of sp³-hybridized carbons (Fsp3) is 0.545. The van der Waals surface area contributed by atoms with E-state index in [1.54, 1.807) is 55.4 Å². The van der Waals surface area contributed by atoms with Crippen LogP contribution in [-0.2, 0) is 119 Å². The summed E-state index contributed by atoms with van der Waals surface area (Å²) in [4.78, 5) is 216. The summed E-state index contributed by atoms with van der Waals surface area (Å²) >= 11 is 4.26. The van der Waals surface area contributed by atoms with Gasteiger partial charge in [-0.25, -0.2) is 48.9 Å². The first kappa shape index (κ1) is 106. The first-order chi connectivity index (χ1) is 66.6. The molecule has 6 aliphatic heterocycles. The minimum Gasteiger partial charge on any atom is -0.463 e. The number of hydrogen-bond donors (Lipinski definition) is 9. The molecule has 141 heavy (non-hydrogen) atoms. The van der Waals surface area contributed by atoms with E-state index in [-0.39, 0.29) is 83.9 Å². The molecule has 0 saturated carbocycles. The molecule has 6 fully saturated rings. The average molecular weight is 2080 g/mol. The van der Waals surface area contributed by atoms with Crippen LogP contribution in [0.2, 0.25) is 0 Å². The van der Waals surface area contributed by atoms with Crippen molar-refractivity contribution in [1.29, 1.82) is 0 Å². The zero-order valence-electron chi connectivity index (χ0n) is 76.0. The summed E-state index contributed by atoms with van der Waals surface area (Å²) in [5.74, 6) is -3.63. The minimum atomic E-state index is -1.43. The molecule has 6 saturated heterocycles. The average Bonchev–Trinajstić information content (AvgIpc) is 1.78. The largest absolute Gasteiger partial charge is 0.509 e. The predicted octanol–water partition coefficient (Wildman–Crippen LogP) is 0.547. The summed E-state index contributed by atoms with van der Waals surface area (Å²) in [5.41, 5.74) is 28.9. The molecule has 0 aromatic carbocycles. The summed E-state index contributed by atoms with van der Waals surface area (Å²) in [6, 6.07) is 0. The van der Waals surface area contributed by atoms with E-state index in [1.165, 1.54) is 49.4 Å². The number of carbonyl (C=O) groups is 10. The zero-order chi connectivity index (χ0) is 103. The van der Waals surface area contributed by atoms with E-state index in [2.05, 4.69) is 49.8 Å². The number of aliphatic hydroxyl groups is 4. The van der Waals surface area contributed by atoms with E-state index in [1.807, 2.05) is 0 Å². The van der Waals surface area contributed by atoms with Crippen molar-refractivity contribution < 1.29 is 163 Å². The van der Waals surface area contributed by atoms with Gasteiger partial charge in [-0.05, 0) is 55.4 Å². The van der Waals surface area contributed by atoms with Gasteiger partial charge in [0.2, 0.25) is 29.7 Å². The molecule has 14 N–H and O–H groups in total. The number of hydrogen-bond acceptors (Lipinski definition) is 59. The number of nitrogens with zero attached hydrogens (tertiary/aromatic N) is 15. The van der Waals surface area contributed by atoms with E-state index in [9.17, 15) is 92.3 Å². The van der Waals surface area contributed by atoms with Gasteiger partial charge in [-0.1, -0.05) is 56.7 Å². The Labute approximate surface area is 808 Å². The molecule has 64 heteroatoms. The van der Waals surface area contributed by atoms with Crippen molar-refractivity contribution in [2.24, 2.45) is 0 Å². The molecule has 0 amide bonds. The van der Waals surface area contributed by atoms with Crippen molar-refractivity contribution in [2.75, 3.05) is 61.7 Å². The fourth-order valence-electron chi connectivity index (χ4n) is 14.3. The maximum atomic E-state index is 12.8. The molecule has 20 atom stereocenters. The minimum absolute atomic E-state index is 0.0201. The van der Waals surface area contributed by atoms with Crippen LogP contribution in [0.25, 0.3) is 51.7 Å². The number of ether oxygens (including phenoxy) is 20. The number of fused-ring (bicyclic) bond motifs is 6. The molecule has 16 rings (SSSR count). The van der Waals surface area contributed by atoms with Crippen LogP contribution in [-0.4, -0.2) is 303 Å². The SMILES string of the molecule is CC(=O)OC[C@H]1O[C@@H](n2c(=O)sc3cnc(N)nc32)[C@H](OC(C)=O)[C@H]1OC(=O)OC(C)C.CC(=O)O[C@@H]1[C@@H](OC(C)=O)[C@@H](COC(=O)OC(C)C)O[C@H]1n1c(=O)sc2cnc(N)nc21.CC(=O)O[C@@H]1[C@H]2OC(=O)OC[C@H]2O[C@H]1n1c(=O)sc2cnc(N)nc21.CC(C)OC(=O)OC[C@H]1O[C@@H](n2c(=O)sc3cnc(N)nc32)[C@H](O)[C@H]1O.CC(C)OC(=O)O[C@@H]1[C@@H](O)[C@H](n2c(=O)sc3cnc(N)nc32)O[C@@H]1CO. The number of cyclic esters (lactones) is 1. The normalized spacial score (nSPS) is 24.8. The smallest absolute Gasteiger partial charge is 0.463 e. The van der Waals surface area contributed by atoms with Crippen LogP contribution in [0, 0.1) is 0 Å². The van der Waals surface area contributed by atoms with Gasteiger partial charge in [0.05, 0.1) is 85.5 Å². The Morgan fingerprint density at radius 3 is 1.00 bits per heavy atom. The van der Waals surface area contributed by atoms with Gasteiger partial charge in [0.1, 0.15) is 75.3 Å². The molecule has 10 aromatic rings. The van der Waals surface area contributed by atoms with Gasteiger partial charge in [0.15, 0.2) is 102 Å². The van der Waals surface area contributed by atoms with Crippen molar-refractivity contribution >= 4 is 199 Å². The first-order valence-corrected chi connectivity index (χ1v) is 45.9. The highest BCUT2D eigenvalue weighted by Gasteiger charge is 2.57. The Balaban J connectivity index is 0.000000158. The third kappa shape index (κ3) is 25.3. The lowest BCUT2D eigenvalue weighted by molar-refractivity contribution is -0.165. The number of nitrogen functional groups attached to an aromatic ring is 5. The highest BCUT2D eigenvalue weighted by Crippen LogP contribution is 2.42. The summed E-state index contributed by atoms with van der Waals surface area (Å²) in [5, 5.41) is 40.5. The Morgan fingerprint density at radius 1 is 0.362 bits per heavy atom. The number of carbonyl (C=O) groups excluding carboxylic acids is 10. The fourth-order valence-corrected chi connectivity index (χ4v) is 18.4. The Kier molecular flexibility index (Phi) is 34.3. The van der Waals surface area contributed by atoms with Crippen LogP contribution in [0.4, 0.5) is 53.7 Å². The molecule has 0 radical (unpaired) electrons. The van der Waals surface area contributed by atoms with Crippen molar-refractivity contribution in [1.82, 2.24) is 72.7 Å². The van der Waals surface area contributed by atoms with Crippen molar-refractivity contribution in [2.45, 2.75) is 237 Å². The van der Waals surface area contributed by atoms with Crippen molar-refractivity contribution in [3.63, 3.8) is 0 Å². The van der Waals surface area contributed by atoms with Gasteiger partial charge in [0.25, 0.3) is 0 Å². The lowest BCUT2D eigenvalue weighted by Gasteiger charge is -2.26. The molecule has 0 bridgehead atoms. The summed E-state index contributed by atoms with van der Waals surface area (Å²) in [6.07, 6.45) is -22.8. The lowest BCUT2D eigenvalue weighted by atomic mass is 10.1. The molecule has 6 aliphatic rings. The number of aromatic nitrogens is 15. The Morgan fingerprint density at radius 2 is 0.652 bits per heavy atom. The summed E-state index contributed by atoms with van der Waals surface area (Å²) < 4.78 is 113. The van der Waals surface area contributed by atoms with Crippen molar-refractivity contribution in [3.8, 4) is 0 Å². The Bertz CT molecular complexity index is 6620. The standard InChI is InChI=1S/2C18H22N4O9S.2C14H18N4O7S.C13H12N4O7S/c1-7(2)28-18(26)27-6-10-12(29-8(3)23)13(30-9(4)24)15(31-10)22-14-11(32-17(22)25)5-20-16(19)21-14;1-7(2)28-18(26)31-12-10(6-27-8(3)23)30-15(13(12)29-9(4)24)22-14-11(32-17(22)25)5-20-16(19)21-14;1-5(2)23-14(22)25-9-6(4-19)24-11(8(9)20)18-10-7(26-13(18)21)3-16-12(15)17-10;1-5(2)24-14(22)23-4-6-8(19)9(20)11(25-6)18-10-7(26-13(18)21)3-16-12(15)17-10;1-4(18)22-8-7-5(3-21-13(20)24-7)23-10(8)17-9-6(25-12(17)19)2-15-11(14)16-9/h2*5,7,10,12-13,15H,6H2,1-4H3,(H2,19,20,21);2*3,5-6,8-9,11,19-20H,4H2,1-2H3,(H2,15,16,17);2,5,7-8,10H,3H2,1H3,(H2,14,15,16)/t2*10-,12+,13-,15-;6-,8-,9+,11-;6-,8+,9-,11-;5-,7+,8-,10-/m11111/s1. The van der Waals surface area contributed by atoms with Crippen LogP contribution in [0.3, 0.4) is 0 Å². The van der Waals surface area contributed by atoms with Crippen LogP contribution >= 0.6 is 56.7 Å². The first-order valence-electron chi connectivity index (χ1n) is 41.8. The molecule has 0 spiro atoms. The van der Waals surface area contributed by atoms with Crippen LogP contribution in [0.5, 0.6) is 0 Å². The molecule has 0 aliphatic carbocycles. The van der Waals surface area contributed by atoms with Crippen LogP contribution in [0.15, 0.2) is 55.0 Å². The predicted molar refractivity (Wildman–Crippen MR) is 478 cm³/mol. The second-order valence-electron chi connectivity index (χ2n) is 31.4. The monoisotopic (exact) mass is 2080 g/mol. The second-order valence-corrected chi connectivity index (χ2v) is 36.4. The molecule has 16 heterocycles. The van der Waals surface area contributed by atoms with Gasteiger partial charge < -0.3 is 144 Å². The van der Waals surface area contributed by atoms with E-state index < -0.39 is 239 Å². The lowest BCUT2D eigenvalue weighted by Crippen LogP contribution is -2.45.